The number of hydrogen-bond acceptors (Lipinski definition) is 6. The summed E-state index contributed by atoms with van der Waals surface area (Å²) in [4.78, 5) is 16.9. The Kier molecular flexibility index (Phi) is 5.99. The predicted octanol–water partition coefficient (Wildman–Crippen LogP) is 4.05. The maximum Gasteiger partial charge on any atom is 0.248 e. The predicted molar refractivity (Wildman–Crippen MR) is 122 cm³/mol. The van der Waals surface area contributed by atoms with Gasteiger partial charge in [-0.1, -0.05) is 55.1 Å². The van der Waals surface area contributed by atoms with Crippen molar-refractivity contribution in [3.8, 4) is 5.75 Å². The summed E-state index contributed by atoms with van der Waals surface area (Å²) in [6.07, 6.45) is 0. The third-order valence-corrected chi connectivity index (χ3v) is 5.92. The molecule has 2 heterocycles. The molecule has 1 atom stereocenters. The first-order valence-corrected chi connectivity index (χ1v) is 11.1. The zero-order valence-corrected chi connectivity index (χ0v) is 18.6. The maximum atomic E-state index is 12.4. The zero-order valence-electron chi connectivity index (χ0n) is 17.8. The maximum absolute atomic E-state index is 12.4. The molecule has 1 aliphatic heterocycles. The fourth-order valence-electron chi connectivity index (χ4n) is 3.66. The van der Waals surface area contributed by atoms with E-state index in [1.54, 1.807) is 16.4 Å². The molecule has 1 aliphatic rings. The molecule has 0 saturated carbocycles. The molecule has 7 nitrogen and oxygen atoms in total. The van der Waals surface area contributed by atoms with Gasteiger partial charge in [0.1, 0.15) is 18.4 Å². The second kappa shape index (κ2) is 8.85. The lowest BCUT2D eigenvalue weighted by molar-refractivity contribution is -0.115. The van der Waals surface area contributed by atoms with E-state index in [1.807, 2.05) is 50.2 Å². The number of primary amides is 1. The molecular formula is C23H25N5O2S. The van der Waals surface area contributed by atoms with Crippen LogP contribution in [0.4, 0.5) is 5.95 Å². The van der Waals surface area contributed by atoms with E-state index >= 15 is 0 Å². The van der Waals surface area contributed by atoms with E-state index in [4.69, 9.17) is 10.5 Å². The van der Waals surface area contributed by atoms with E-state index in [0.717, 1.165) is 16.9 Å². The number of carbonyl (C=O) groups is 1. The number of hydrogen-bond donors (Lipinski definition) is 2. The minimum atomic E-state index is -0.493. The van der Waals surface area contributed by atoms with E-state index in [9.17, 15) is 4.79 Å². The highest BCUT2D eigenvalue weighted by molar-refractivity contribution is 7.99. The highest BCUT2D eigenvalue weighted by atomic mass is 32.2. The molecule has 3 N–H and O–H groups in total. The first-order chi connectivity index (χ1) is 15.0. The molecule has 3 aromatic rings. The van der Waals surface area contributed by atoms with Crippen molar-refractivity contribution in [1.29, 1.82) is 0 Å². The minimum Gasteiger partial charge on any atom is -0.489 e. The molecule has 2 aromatic carbocycles. The number of ether oxygens (including phenoxy) is 1. The molecule has 0 aliphatic carbocycles. The summed E-state index contributed by atoms with van der Waals surface area (Å²) in [6, 6.07) is 15.4. The van der Waals surface area contributed by atoms with Gasteiger partial charge in [0.2, 0.25) is 17.0 Å². The van der Waals surface area contributed by atoms with Gasteiger partial charge in [-0.3, -0.25) is 4.79 Å². The molecule has 160 valence electrons. The van der Waals surface area contributed by atoms with Crippen molar-refractivity contribution in [2.24, 2.45) is 5.73 Å². The number of thioether (sulfide) groups is 1. The van der Waals surface area contributed by atoms with E-state index < -0.39 is 11.9 Å². The largest absolute Gasteiger partial charge is 0.489 e. The highest BCUT2D eigenvalue weighted by Crippen LogP contribution is 2.37. The van der Waals surface area contributed by atoms with Gasteiger partial charge < -0.3 is 15.8 Å². The Labute approximate surface area is 185 Å². The van der Waals surface area contributed by atoms with Crippen LogP contribution in [-0.2, 0) is 11.4 Å². The van der Waals surface area contributed by atoms with Crippen LogP contribution >= 0.6 is 11.8 Å². The summed E-state index contributed by atoms with van der Waals surface area (Å²) >= 11 is 1.54. The van der Waals surface area contributed by atoms with Crippen LogP contribution in [0.25, 0.3) is 0 Å². The van der Waals surface area contributed by atoms with Gasteiger partial charge >= 0.3 is 0 Å². The van der Waals surface area contributed by atoms with Crippen LogP contribution in [0.1, 0.15) is 36.6 Å². The number of nitrogens with zero attached hydrogens (tertiary/aromatic N) is 3. The number of anilines is 1. The number of aryl methyl sites for hydroxylation is 1. The van der Waals surface area contributed by atoms with E-state index in [1.165, 1.54) is 5.56 Å². The third-order valence-electron chi connectivity index (χ3n) is 5.20. The lowest BCUT2D eigenvalue weighted by atomic mass is 9.95. The Bertz CT molecular complexity index is 1150. The van der Waals surface area contributed by atoms with Gasteiger partial charge in [-0.05, 0) is 48.4 Å². The Balaban J connectivity index is 1.69. The molecule has 1 unspecified atom stereocenters. The number of nitrogens with one attached hydrogen (secondary N) is 1. The number of aromatic nitrogens is 3. The van der Waals surface area contributed by atoms with Crippen LogP contribution in [-0.4, -0.2) is 26.4 Å². The van der Waals surface area contributed by atoms with Crippen molar-refractivity contribution >= 4 is 23.6 Å². The van der Waals surface area contributed by atoms with Gasteiger partial charge in [-0.2, -0.15) is 4.98 Å². The molecule has 0 spiro atoms. The number of allylic oxidation sites excluding steroid dienone is 1. The van der Waals surface area contributed by atoms with Crippen LogP contribution in [0.2, 0.25) is 0 Å². The Morgan fingerprint density at radius 1 is 1.23 bits per heavy atom. The summed E-state index contributed by atoms with van der Waals surface area (Å²) in [6.45, 7) is 6.40. The van der Waals surface area contributed by atoms with E-state index in [0.29, 0.717) is 34.7 Å². The van der Waals surface area contributed by atoms with Crippen molar-refractivity contribution in [2.45, 2.75) is 38.6 Å². The van der Waals surface area contributed by atoms with Crippen molar-refractivity contribution in [3.05, 3.63) is 76.5 Å². The van der Waals surface area contributed by atoms with Gasteiger partial charge in [-0.15, -0.1) is 5.10 Å². The average Bonchev–Trinajstić information content (AvgIpc) is 3.14. The van der Waals surface area contributed by atoms with Gasteiger partial charge in [-0.25, -0.2) is 4.68 Å². The van der Waals surface area contributed by atoms with E-state index in [2.05, 4.69) is 34.5 Å². The first kappa shape index (κ1) is 21.0. The van der Waals surface area contributed by atoms with Crippen LogP contribution in [0.15, 0.2) is 65.0 Å². The van der Waals surface area contributed by atoms with E-state index in [-0.39, 0.29) is 0 Å². The zero-order chi connectivity index (χ0) is 22.0. The van der Waals surface area contributed by atoms with Crippen molar-refractivity contribution in [2.75, 3.05) is 11.1 Å². The smallest absolute Gasteiger partial charge is 0.248 e. The lowest BCUT2D eigenvalue weighted by Gasteiger charge is -2.27. The van der Waals surface area contributed by atoms with Crippen LogP contribution in [0.3, 0.4) is 0 Å². The van der Waals surface area contributed by atoms with Crippen molar-refractivity contribution in [3.63, 3.8) is 0 Å². The number of amides is 1. The summed E-state index contributed by atoms with van der Waals surface area (Å²) in [5.41, 5.74) is 10.1. The highest BCUT2D eigenvalue weighted by Gasteiger charge is 2.33. The monoisotopic (exact) mass is 435 g/mol. The average molecular weight is 436 g/mol. The SMILES string of the molecule is CCSc1nc2n(n1)C(c1cccc(OCc3ccccc3C)c1)C(C(N)=O)=C(C)N2. The molecule has 1 amide bonds. The lowest BCUT2D eigenvalue weighted by Crippen LogP contribution is -2.31. The molecule has 31 heavy (non-hydrogen) atoms. The van der Waals surface area contributed by atoms with Crippen LogP contribution in [0.5, 0.6) is 5.75 Å². The molecule has 0 bridgehead atoms. The molecule has 0 fully saturated rings. The normalized spacial score (nSPS) is 15.4. The second-order valence-electron chi connectivity index (χ2n) is 7.31. The molecule has 0 radical (unpaired) electrons. The quantitative estimate of drug-likeness (QED) is 0.544. The van der Waals surface area contributed by atoms with Crippen molar-refractivity contribution < 1.29 is 9.53 Å². The summed E-state index contributed by atoms with van der Waals surface area (Å²) in [7, 11) is 0. The molecule has 1 aromatic heterocycles. The van der Waals surface area contributed by atoms with Gasteiger partial charge in [0.25, 0.3) is 0 Å². The molecule has 8 heteroatoms. The summed E-state index contributed by atoms with van der Waals surface area (Å²) < 4.78 is 7.79. The minimum absolute atomic E-state index is 0.460. The second-order valence-corrected chi connectivity index (χ2v) is 8.54. The molecule has 0 saturated heterocycles. The number of benzene rings is 2. The fraction of sp³-hybridized carbons (Fsp3) is 0.261. The number of carbonyl (C=O) groups excluding carboxylic acids is 1. The van der Waals surface area contributed by atoms with Gasteiger partial charge in [0.15, 0.2) is 0 Å². The standard InChI is InChI=1S/C23H25N5O2S/c1-4-31-23-26-22-25-15(3)19(21(24)29)20(28(22)27-23)16-10-7-11-18(12-16)30-13-17-9-6-5-8-14(17)2/h5-12,20H,4,13H2,1-3H3,(H2,24,29)(H,25,26,27). The Morgan fingerprint density at radius 3 is 2.77 bits per heavy atom. The summed E-state index contributed by atoms with van der Waals surface area (Å²) in [5.74, 6) is 1.66. The first-order valence-electron chi connectivity index (χ1n) is 10.1. The van der Waals surface area contributed by atoms with Gasteiger partial charge in [0.05, 0.1) is 5.57 Å². The van der Waals surface area contributed by atoms with Gasteiger partial charge in [0, 0.05) is 5.70 Å². The van der Waals surface area contributed by atoms with Crippen molar-refractivity contribution in [1.82, 2.24) is 14.8 Å². The third kappa shape index (κ3) is 4.29. The fourth-order valence-corrected chi connectivity index (χ4v) is 4.21. The molecular weight excluding hydrogens is 410 g/mol. The Morgan fingerprint density at radius 2 is 2.03 bits per heavy atom. The number of rotatable bonds is 7. The number of nitrogens with two attached hydrogens (primary N) is 1. The number of fused-ring (bicyclic) bond motifs is 1. The topological polar surface area (TPSA) is 95.1 Å². The molecule has 4 rings (SSSR count). The summed E-state index contributed by atoms with van der Waals surface area (Å²) in [5, 5.41) is 8.44. The Hall–Kier alpha value is -3.26. The van der Waals surface area contributed by atoms with Crippen LogP contribution < -0.4 is 15.8 Å². The van der Waals surface area contributed by atoms with Crippen LogP contribution in [0, 0.1) is 6.92 Å².